The molecule has 0 fully saturated rings. The van der Waals surface area contributed by atoms with E-state index in [0.29, 0.717) is 5.89 Å². The van der Waals surface area contributed by atoms with E-state index in [1.54, 1.807) is 0 Å². The lowest BCUT2D eigenvalue weighted by Gasteiger charge is -2.29. The predicted octanol–water partition coefficient (Wildman–Crippen LogP) is 3.35. The Morgan fingerprint density at radius 1 is 1.29 bits per heavy atom. The molecule has 0 unspecified atom stereocenters. The highest BCUT2D eigenvalue weighted by Gasteiger charge is 2.44. The first-order valence-electron chi connectivity index (χ1n) is 5.48. The van der Waals surface area contributed by atoms with Crippen LogP contribution >= 0.6 is 0 Å². The van der Waals surface area contributed by atoms with Crippen molar-refractivity contribution in [3.63, 3.8) is 0 Å². The zero-order chi connectivity index (χ0) is 13.3. The first-order valence-corrected chi connectivity index (χ1v) is 5.48. The van der Waals surface area contributed by atoms with Gasteiger partial charge < -0.3 is 9.26 Å². The summed E-state index contributed by atoms with van der Waals surface area (Å²) in [6.07, 6.45) is -3.23. The zero-order valence-electron chi connectivity index (χ0n) is 10.8. The fourth-order valence-electron chi connectivity index (χ4n) is 0.932. The molecular weight excluding hydrogens is 230 g/mol. The average molecular weight is 248 g/mol. The Hall–Kier alpha value is -1.04. The monoisotopic (exact) mass is 248 g/mol. The highest BCUT2D eigenvalue weighted by atomic mass is 19.3. The topological polar surface area (TPSA) is 48.2 Å². The van der Waals surface area contributed by atoms with Crippen LogP contribution < -0.4 is 0 Å². The van der Waals surface area contributed by atoms with Gasteiger partial charge in [0.25, 0.3) is 0 Å². The lowest BCUT2D eigenvalue weighted by molar-refractivity contribution is -0.301. The third-order valence-electron chi connectivity index (χ3n) is 2.23. The van der Waals surface area contributed by atoms with Gasteiger partial charge in [-0.1, -0.05) is 39.8 Å². The molecule has 17 heavy (non-hydrogen) atoms. The molecule has 98 valence electrons. The van der Waals surface area contributed by atoms with Gasteiger partial charge in [-0.25, -0.2) is 0 Å². The van der Waals surface area contributed by atoms with Crippen molar-refractivity contribution in [1.82, 2.24) is 10.1 Å². The fourth-order valence-corrected chi connectivity index (χ4v) is 0.932. The molecule has 0 aliphatic rings. The van der Waals surface area contributed by atoms with Crippen LogP contribution in [0.15, 0.2) is 4.52 Å². The molecule has 1 aromatic heterocycles. The third kappa shape index (κ3) is 3.46. The summed E-state index contributed by atoms with van der Waals surface area (Å²) >= 11 is 0. The van der Waals surface area contributed by atoms with Gasteiger partial charge in [0.05, 0.1) is 5.41 Å². The van der Waals surface area contributed by atoms with Crippen molar-refractivity contribution < 1.29 is 18.0 Å². The smallest absolute Gasteiger partial charge is 0.339 e. The minimum absolute atomic E-state index is 0.0689. The van der Waals surface area contributed by atoms with E-state index in [1.165, 1.54) is 20.8 Å². The molecule has 0 bridgehead atoms. The van der Waals surface area contributed by atoms with Crippen molar-refractivity contribution in [1.29, 1.82) is 0 Å². The van der Waals surface area contributed by atoms with Gasteiger partial charge in [-0.3, -0.25) is 0 Å². The largest absolute Gasteiger partial charge is 0.360 e. The van der Waals surface area contributed by atoms with Crippen LogP contribution in [0.1, 0.15) is 52.3 Å². The SMILES string of the molecule is CC(C)c1nc(COC(F)(F)C(C)(C)C)no1. The summed E-state index contributed by atoms with van der Waals surface area (Å²) < 4.78 is 36.4. The van der Waals surface area contributed by atoms with Crippen molar-refractivity contribution in [2.75, 3.05) is 0 Å². The summed E-state index contributed by atoms with van der Waals surface area (Å²) in [4.78, 5) is 3.96. The Morgan fingerprint density at radius 3 is 2.29 bits per heavy atom. The van der Waals surface area contributed by atoms with Crippen LogP contribution in [0.5, 0.6) is 0 Å². The van der Waals surface area contributed by atoms with Crippen molar-refractivity contribution in [3.8, 4) is 0 Å². The number of hydrogen-bond acceptors (Lipinski definition) is 4. The molecule has 0 amide bonds. The van der Waals surface area contributed by atoms with Gasteiger partial charge in [-0.05, 0) is 0 Å². The number of alkyl halides is 2. The quantitative estimate of drug-likeness (QED) is 0.819. The first kappa shape index (κ1) is 14.0. The van der Waals surface area contributed by atoms with Gasteiger partial charge in [-0.15, -0.1) is 0 Å². The minimum Gasteiger partial charge on any atom is -0.339 e. The van der Waals surface area contributed by atoms with E-state index in [-0.39, 0.29) is 18.3 Å². The highest BCUT2D eigenvalue weighted by molar-refractivity contribution is 4.89. The Bertz CT molecular complexity index is 370. The molecule has 0 saturated heterocycles. The maximum Gasteiger partial charge on any atom is 0.360 e. The lowest BCUT2D eigenvalue weighted by Crippen LogP contribution is -2.36. The molecule has 4 nitrogen and oxygen atoms in total. The predicted molar refractivity (Wildman–Crippen MR) is 57.6 cm³/mol. The molecule has 1 heterocycles. The number of hydrogen-bond donors (Lipinski definition) is 0. The third-order valence-corrected chi connectivity index (χ3v) is 2.23. The van der Waals surface area contributed by atoms with Crippen LogP contribution in [0.4, 0.5) is 8.78 Å². The summed E-state index contributed by atoms with van der Waals surface area (Å²) in [5.74, 6) is 0.625. The van der Waals surface area contributed by atoms with Gasteiger partial charge in [0, 0.05) is 5.92 Å². The first-order chi connectivity index (χ1) is 7.63. The van der Waals surface area contributed by atoms with Gasteiger partial charge in [-0.2, -0.15) is 13.8 Å². The number of halogens is 2. The van der Waals surface area contributed by atoms with Crippen LogP contribution in [0.25, 0.3) is 0 Å². The number of rotatable bonds is 4. The Kier molecular flexibility index (Phi) is 3.86. The molecule has 0 aliphatic carbocycles. The number of ether oxygens (including phenoxy) is 1. The van der Waals surface area contributed by atoms with Gasteiger partial charge in [0.1, 0.15) is 6.61 Å². The van der Waals surface area contributed by atoms with Gasteiger partial charge in [0.2, 0.25) is 5.89 Å². The maximum atomic E-state index is 13.5. The molecule has 0 spiro atoms. The molecule has 1 rings (SSSR count). The lowest BCUT2D eigenvalue weighted by atomic mass is 9.95. The van der Waals surface area contributed by atoms with E-state index in [1.807, 2.05) is 13.8 Å². The molecule has 0 saturated carbocycles. The molecule has 1 aromatic rings. The highest BCUT2D eigenvalue weighted by Crippen LogP contribution is 2.37. The van der Waals surface area contributed by atoms with E-state index in [4.69, 9.17) is 4.52 Å². The summed E-state index contributed by atoms with van der Waals surface area (Å²) in [6.45, 7) is 7.61. The zero-order valence-corrected chi connectivity index (χ0v) is 10.8. The van der Waals surface area contributed by atoms with Crippen LogP contribution in [0, 0.1) is 5.41 Å². The molecular formula is C11H18F2N2O2. The Morgan fingerprint density at radius 2 is 1.88 bits per heavy atom. The van der Waals surface area contributed by atoms with Crippen molar-refractivity contribution in [2.45, 2.75) is 53.3 Å². The van der Waals surface area contributed by atoms with E-state index in [2.05, 4.69) is 14.9 Å². The summed E-state index contributed by atoms with van der Waals surface area (Å²) in [5.41, 5.74) is -1.27. The summed E-state index contributed by atoms with van der Waals surface area (Å²) in [5, 5.41) is 3.58. The van der Waals surface area contributed by atoms with E-state index in [9.17, 15) is 8.78 Å². The molecule has 6 heteroatoms. The Balaban J connectivity index is 2.61. The van der Waals surface area contributed by atoms with Crippen LogP contribution in [-0.2, 0) is 11.3 Å². The second-order valence-corrected chi connectivity index (χ2v) is 5.26. The van der Waals surface area contributed by atoms with Crippen LogP contribution in [0.2, 0.25) is 0 Å². The van der Waals surface area contributed by atoms with Gasteiger partial charge in [0.15, 0.2) is 5.82 Å². The van der Waals surface area contributed by atoms with Crippen molar-refractivity contribution in [2.24, 2.45) is 5.41 Å². The second kappa shape index (κ2) is 4.68. The van der Waals surface area contributed by atoms with Crippen molar-refractivity contribution in [3.05, 3.63) is 11.7 Å². The molecule has 0 N–H and O–H groups in total. The molecule has 0 radical (unpaired) electrons. The minimum atomic E-state index is -3.23. The second-order valence-electron chi connectivity index (χ2n) is 5.26. The molecule has 0 aliphatic heterocycles. The number of nitrogens with zero attached hydrogens (tertiary/aromatic N) is 2. The van der Waals surface area contributed by atoms with Crippen LogP contribution in [0.3, 0.4) is 0 Å². The van der Waals surface area contributed by atoms with E-state index < -0.39 is 11.5 Å². The molecule has 0 aromatic carbocycles. The summed E-state index contributed by atoms with van der Waals surface area (Å²) in [6, 6.07) is 0. The standard InChI is InChI=1S/C11H18F2N2O2/c1-7(2)9-14-8(15-17-9)6-16-11(12,13)10(3,4)5/h7H,6H2,1-5H3. The van der Waals surface area contributed by atoms with E-state index >= 15 is 0 Å². The fraction of sp³-hybridized carbons (Fsp3) is 0.818. The molecule has 0 atom stereocenters. The maximum absolute atomic E-state index is 13.5. The van der Waals surface area contributed by atoms with Crippen molar-refractivity contribution >= 4 is 0 Å². The average Bonchev–Trinajstić information content (AvgIpc) is 2.61. The number of aromatic nitrogens is 2. The summed E-state index contributed by atoms with van der Waals surface area (Å²) in [7, 11) is 0. The Labute approximate surface area is 99.3 Å². The van der Waals surface area contributed by atoms with Gasteiger partial charge >= 0.3 is 6.11 Å². The normalized spacial score (nSPS) is 13.4. The van der Waals surface area contributed by atoms with E-state index in [0.717, 1.165) is 0 Å². The van der Waals surface area contributed by atoms with Crippen LogP contribution in [-0.4, -0.2) is 16.2 Å².